The summed E-state index contributed by atoms with van der Waals surface area (Å²) in [5, 5.41) is 14.2. The van der Waals surface area contributed by atoms with Crippen molar-refractivity contribution < 1.29 is 24.0 Å². The molecule has 2 rings (SSSR count). The van der Waals surface area contributed by atoms with Crippen LogP contribution >= 0.6 is 11.3 Å². The first kappa shape index (κ1) is 19.3. The molecule has 0 unspecified atom stereocenters. The average Bonchev–Trinajstić information content (AvgIpc) is 3.10. The Bertz CT molecular complexity index is 725. The Hall–Kier alpha value is -3.02. The average molecular weight is 383 g/mol. The third kappa shape index (κ3) is 4.99. The highest BCUT2D eigenvalue weighted by atomic mass is 32.1. The van der Waals surface area contributed by atoms with Crippen LogP contribution in [-0.4, -0.2) is 71.6 Å². The van der Waals surface area contributed by atoms with E-state index in [1.165, 1.54) is 28.1 Å². The number of nitrogens with zero attached hydrogens (tertiary/aromatic N) is 4. The molecule has 0 bridgehead atoms. The summed E-state index contributed by atoms with van der Waals surface area (Å²) in [6, 6.07) is 2.80. The molecular weight excluding hydrogens is 366 g/mol. The first-order valence-corrected chi connectivity index (χ1v) is 8.52. The monoisotopic (exact) mass is 383 g/mol. The van der Waals surface area contributed by atoms with Crippen LogP contribution in [0.2, 0.25) is 0 Å². The normalized spacial score (nSPS) is 14.3. The molecule has 1 aromatic heterocycles. The van der Waals surface area contributed by atoms with Crippen LogP contribution in [0.1, 0.15) is 11.8 Å². The SMILES string of the molecule is CCOC(=O)N1CCN(C(=O)C(=O)N/N=C\c2ccc([N+](=O)[O-])s2)CC1. The van der Waals surface area contributed by atoms with Crippen LogP contribution in [-0.2, 0) is 14.3 Å². The number of piperazine rings is 1. The number of carbonyl (C=O) groups excluding carboxylic acids is 3. The summed E-state index contributed by atoms with van der Waals surface area (Å²) in [5.74, 6) is -1.68. The molecule has 1 aliphatic rings. The molecule has 0 spiro atoms. The van der Waals surface area contributed by atoms with E-state index in [1.54, 1.807) is 6.92 Å². The number of nitro groups is 1. The van der Waals surface area contributed by atoms with Gasteiger partial charge in [-0.25, -0.2) is 10.2 Å². The zero-order valence-corrected chi connectivity index (χ0v) is 14.7. The van der Waals surface area contributed by atoms with E-state index in [0.717, 1.165) is 11.3 Å². The van der Waals surface area contributed by atoms with Crippen LogP contribution < -0.4 is 5.43 Å². The third-order valence-corrected chi connectivity index (χ3v) is 4.41. The molecule has 140 valence electrons. The lowest BCUT2D eigenvalue weighted by Gasteiger charge is -2.33. The third-order valence-electron chi connectivity index (χ3n) is 3.44. The summed E-state index contributed by atoms with van der Waals surface area (Å²) in [7, 11) is 0. The zero-order valence-electron chi connectivity index (χ0n) is 13.9. The van der Waals surface area contributed by atoms with Gasteiger partial charge in [0.2, 0.25) is 0 Å². The Morgan fingerprint density at radius 2 is 1.96 bits per heavy atom. The minimum absolute atomic E-state index is 0.0478. The number of hydrogen-bond donors (Lipinski definition) is 1. The summed E-state index contributed by atoms with van der Waals surface area (Å²) in [6.45, 7) is 2.96. The molecule has 0 saturated carbocycles. The molecule has 1 aromatic rings. The maximum Gasteiger partial charge on any atom is 0.409 e. The Morgan fingerprint density at radius 1 is 1.31 bits per heavy atom. The number of ether oxygens (including phenoxy) is 1. The van der Waals surface area contributed by atoms with Crippen molar-refractivity contribution in [3.8, 4) is 0 Å². The van der Waals surface area contributed by atoms with Crippen molar-refractivity contribution in [3.63, 3.8) is 0 Å². The number of amides is 3. The Labute approximate surface area is 152 Å². The van der Waals surface area contributed by atoms with E-state index in [4.69, 9.17) is 4.74 Å². The molecule has 0 atom stereocenters. The highest BCUT2D eigenvalue weighted by Gasteiger charge is 2.28. The topological polar surface area (TPSA) is 134 Å². The standard InChI is InChI=1S/C14H17N5O6S/c1-2-25-14(22)18-7-5-17(6-8-18)13(21)12(20)16-15-9-10-3-4-11(26-10)19(23)24/h3-4,9H,2,5-8H2,1H3,(H,16,20)/b15-9-. The molecule has 1 N–H and O–H groups in total. The lowest BCUT2D eigenvalue weighted by Crippen LogP contribution is -2.53. The minimum Gasteiger partial charge on any atom is -0.450 e. The maximum absolute atomic E-state index is 12.1. The fourth-order valence-electron chi connectivity index (χ4n) is 2.16. The smallest absolute Gasteiger partial charge is 0.409 e. The van der Waals surface area contributed by atoms with Crippen LogP contribution in [0.3, 0.4) is 0 Å². The molecule has 0 aromatic carbocycles. The molecule has 1 fully saturated rings. The summed E-state index contributed by atoms with van der Waals surface area (Å²) in [6.07, 6.45) is 0.778. The van der Waals surface area contributed by atoms with Gasteiger partial charge in [-0.15, -0.1) is 0 Å². The molecule has 26 heavy (non-hydrogen) atoms. The van der Waals surface area contributed by atoms with Crippen LogP contribution in [0.5, 0.6) is 0 Å². The number of hydrazone groups is 1. The summed E-state index contributed by atoms with van der Waals surface area (Å²) in [5.41, 5.74) is 2.09. The second kappa shape index (κ2) is 8.89. The van der Waals surface area contributed by atoms with Crippen molar-refractivity contribution in [2.75, 3.05) is 32.8 Å². The van der Waals surface area contributed by atoms with E-state index in [-0.39, 0.29) is 37.8 Å². The van der Waals surface area contributed by atoms with Gasteiger partial charge in [-0.2, -0.15) is 5.10 Å². The van der Waals surface area contributed by atoms with Crippen LogP contribution in [0, 0.1) is 10.1 Å². The fraction of sp³-hybridized carbons (Fsp3) is 0.429. The number of hydrogen-bond acceptors (Lipinski definition) is 8. The van der Waals surface area contributed by atoms with Gasteiger partial charge in [0.05, 0.1) is 22.6 Å². The minimum atomic E-state index is -0.920. The molecule has 1 aliphatic heterocycles. The van der Waals surface area contributed by atoms with Gasteiger partial charge in [0.25, 0.3) is 0 Å². The van der Waals surface area contributed by atoms with E-state index in [9.17, 15) is 24.5 Å². The molecule has 2 heterocycles. The van der Waals surface area contributed by atoms with E-state index < -0.39 is 22.8 Å². The second-order valence-corrected chi connectivity index (χ2v) is 6.20. The van der Waals surface area contributed by atoms with Gasteiger partial charge in [0.1, 0.15) is 0 Å². The van der Waals surface area contributed by atoms with Crippen molar-refractivity contribution in [2.24, 2.45) is 5.10 Å². The summed E-state index contributed by atoms with van der Waals surface area (Å²) >= 11 is 0.892. The van der Waals surface area contributed by atoms with Gasteiger partial charge in [0, 0.05) is 32.2 Å². The number of thiophene rings is 1. The van der Waals surface area contributed by atoms with Crippen molar-refractivity contribution in [1.29, 1.82) is 0 Å². The predicted octanol–water partition coefficient (Wildman–Crippen LogP) is 0.407. The number of carbonyl (C=O) groups is 3. The molecule has 1 saturated heterocycles. The van der Waals surface area contributed by atoms with Gasteiger partial charge in [-0.05, 0) is 13.0 Å². The highest BCUT2D eigenvalue weighted by molar-refractivity contribution is 7.16. The first-order chi connectivity index (χ1) is 12.4. The van der Waals surface area contributed by atoms with E-state index in [0.29, 0.717) is 4.88 Å². The van der Waals surface area contributed by atoms with Crippen LogP contribution in [0.25, 0.3) is 0 Å². The quantitative estimate of drug-likeness (QED) is 0.346. The van der Waals surface area contributed by atoms with Crippen LogP contribution in [0.15, 0.2) is 17.2 Å². The second-order valence-electron chi connectivity index (χ2n) is 5.11. The van der Waals surface area contributed by atoms with Crippen molar-refractivity contribution >= 4 is 40.5 Å². The lowest BCUT2D eigenvalue weighted by atomic mass is 10.3. The Morgan fingerprint density at radius 3 is 2.54 bits per heavy atom. The molecular formula is C14H17N5O6S. The van der Waals surface area contributed by atoms with Crippen molar-refractivity contribution in [2.45, 2.75) is 6.92 Å². The lowest BCUT2D eigenvalue weighted by molar-refractivity contribution is -0.380. The van der Waals surface area contributed by atoms with Crippen molar-refractivity contribution in [1.82, 2.24) is 15.2 Å². The number of nitrogens with one attached hydrogen (secondary N) is 1. The maximum atomic E-state index is 12.1. The van der Waals surface area contributed by atoms with Crippen LogP contribution in [0.4, 0.5) is 9.80 Å². The van der Waals surface area contributed by atoms with Gasteiger partial charge < -0.3 is 14.5 Å². The molecule has 0 radical (unpaired) electrons. The van der Waals surface area contributed by atoms with E-state index >= 15 is 0 Å². The van der Waals surface area contributed by atoms with E-state index in [2.05, 4.69) is 10.5 Å². The largest absolute Gasteiger partial charge is 0.450 e. The Kier molecular flexibility index (Phi) is 6.60. The Balaban J connectivity index is 1.80. The molecule has 11 nitrogen and oxygen atoms in total. The predicted molar refractivity (Wildman–Crippen MR) is 91.9 cm³/mol. The van der Waals surface area contributed by atoms with Gasteiger partial charge in [-0.3, -0.25) is 19.7 Å². The fourth-order valence-corrected chi connectivity index (χ4v) is 2.86. The highest BCUT2D eigenvalue weighted by Crippen LogP contribution is 2.22. The molecule has 3 amide bonds. The van der Waals surface area contributed by atoms with Gasteiger partial charge in [0.15, 0.2) is 0 Å². The zero-order chi connectivity index (χ0) is 19.1. The van der Waals surface area contributed by atoms with E-state index in [1.807, 2.05) is 0 Å². The molecule has 12 heteroatoms. The molecule has 0 aliphatic carbocycles. The van der Waals surface area contributed by atoms with Gasteiger partial charge >= 0.3 is 22.9 Å². The summed E-state index contributed by atoms with van der Waals surface area (Å²) in [4.78, 5) is 48.8. The summed E-state index contributed by atoms with van der Waals surface area (Å²) < 4.78 is 4.88. The first-order valence-electron chi connectivity index (χ1n) is 7.70. The van der Waals surface area contributed by atoms with Gasteiger partial charge in [-0.1, -0.05) is 11.3 Å². The number of rotatable bonds is 4. The van der Waals surface area contributed by atoms with Crippen molar-refractivity contribution in [3.05, 3.63) is 27.1 Å².